The predicted molar refractivity (Wildman–Crippen MR) is 45.4 cm³/mol. The van der Waals surface area contributed by atoms with Gasteiger partial charge < -0.3 is 5.32 Å². The number of rotatable bonds is 1. The van der Waals surface area contributed by atoms with Crippen LogP contribution in [0.4, 0.5) is 11.4 Å². The molecule has 1 N–H and O–H groups in total. The average Bonchev–Trinajstić information content (AvgIpc) is 2.43. The molecule has 66 valence electrons. The SMILES string of the molecule is O=C1Cc2cccc([N+](=O)[O-])c2N1. The van der Waals surface area contributed by atoms with E-state index in [0.29, 0.717) is 11.3 Å². The van der Waals surface area contributed by atoms with Gasteiger partial charge in [0.15, 0.2) is 0 Å². The normalized spacial score (nSPS) is 13.7. The summed E-state index contributed by atoms with van der Waals surface area (Å²) in [6.45, 7) is 0. The maximum atomic E-state index is 10.9. The molecule has 13 heavy (non-hydrogen) atoms. The fourth-order valence-corrected chi connectivity index (χ4v) is 1.39. The summed E-state index contributed by atoms with van der Waals surface area (Å²) >= 11 is 0. The molecule has 1 aliphatic rings. The molecule has 1 heterocycles. The molecular formula is C8H6N2O3. The number of hydrogen-bond acceptors (Lipinski definition) is 3. The summed E-state index contributed by atoms with van der Waals surface area (Å²) in [4.78, 5) is 21.0. The zero-order valence-electron chi connectivity index (χ0n) is 6.61. The lowest BCUT2D eigenvalue weighted by atomic mass is 10.1. The van der Waals surface area contributed by atoms with Gasteiger partial charge in [-0.25, -0.2) is 0 Å². The van der Waals surface area contributed by atoms with Crippen LogP contribution in [-0.4, -0.2) is 10.8 Å². The maximum Gasteiger partial charge on any atom is 0.293 e. The summed E-state index contributed by atoms with van der Waals surface area (Å²) in [5.41, 5.74) is 1.00. The number of fused-ring (bicyclic) bond motifs is 1. The van der Waals surface area contributed by atoms with Crippen molar-refractivity contribution in [3.8, 4) is 0 Å². The van der Waals surface area contributed by atoms with Crippen molar-refractivity contribution in [2.75, 3.05) is 5.32 Å². The van der Waals surface area contributed by atoms with E-state index in [1.807, 2.05) is 0 Å². The summed E-state index contributed by atoms with van der Waals surface area (Å²) < 4.78 is 0. The predicted octanol–water partition coefficient (Wildman–Crippen LogP) is 1.09. The number of nitro benzene ring substituents is 1. The molecule has 0 saturated carbocycles. The summed E-state index contributed by atoms with van der Waals surface area (Å²) in [5.74, 6) is -0.190. The van der Waals surface area contributed by atoms with Gasteiger partial charge in [0.2, 0.25) is 5.91 Å². The second kappa shape index (κ2) is 2.55. The Bertz CT molecular complexity index is 400. The lowest BCUT2D eigenvalue weighted by Gasteiger charge is -1.98. The number of para-hydroxylation sites is 1. The Morgan fingerprint density at radius 1 is 1.46 bits per heavy atom. The Labute approximate surface area is 73.5 Å². The monoisotopic (exact) mass is 178 g/mol. The number of nitrogens with zero attached hydrogens (tertiary/aromatic N) is 1. The molecule has 1 aliphatic heterocycles. The Balaban J connectivity index is 2.57. The van der Waals surface area contributed by atoms with E-state index in [1.54, 1.807) is 12.1 Å². The molecule has 2 rings (SSSR count). The first-order valence-electron chi connectivity index (χ1n) is 3.74. The molecule has 0 radical (unpaired) electrons. The van der Waals surface area contributed by atoms with Crippen LogP contribution in [0.3, 0.4) is 0 Å². The molecule has 0 bridgehead atoms. The average molecular weight is 178 g/mol. The highest BCUT2D eigenvalue weighted by atomic mass is 16.6. The standard InChI is InChI=1S/C8H6N2O3/c11-7-4-5-2-1-3-6(10(12)13)8(5)9-7/h1-3H,4H2,(H,9,11). The van der Waals surface area contributed by atoms with Gasteiger partial charge in [-0.05, 0) is 5.56 Å². The van der Waals surface area contributed by atoms with Crippen molar-refractivity contribution in [1.82, 2.24) is 0 Å². The minimum absolute atomic E-state index is 0.0386. The van der Waals surface area contributed by atoms with E-state index in [2.05, 4.69) is 5.32 Å². The van der Waals surface area contributed by atoms with Gasteiger partial charge in [0.1, 0.15) is 5.69 Å². The first-order chi connectivity index (χ1) is 6.18. The van der Waals surface area contributed by atoms with Gasteiger partial charge in [0.05, 0.1) is 11.3 Å². The van der Waals surface area contributed by atoms with Crippen LogP contribution >= 0.6 is 0 Å². The third-order valence-corrected chi connectivity index (χ3v) is 1.94. The van der Waals surface area contributed by atoms with Crippen molar-refractivity contribution in [2.45, 2.75) is 6.42 Å². The molecule has 0 atom stereocenters. The van der Waals surface area contributed by atoms with Crippen molar-refractivity contribution in [3.63, 3.8) is 0 Å². The lowest BCUT2D eigenvalue weighted by Crippen LogP contribution is -2.04. The van der Waals surface area contributed by atoms with Gasteiger partial charge in [-0.15, -0.1) is 0 Å². The smallest absolute Gasteiger partial charge is 0.293 e. The summed E-state index contributed by atoms with van der Waals surface area (Å²) in [7, 11) is 0. The summed E-state index contributed by atoms with van der Waals surface area (Å²) in [6.07, 6.45) is 0.233. The Kier molecular flexibility index (Phi) is 1.51. The summed E-state index contributed by atoms with van der Waals surface area (Å²) in [6, 6.07) is 4.67. The lowest BCUT2D eigenvalue weighted by molar-refractivity contribution is -0.383. The van der Waals surface area contributed by atoms with E-state index in [1.165, 1.54) is 6.07 Å². The second-order valence-electron chi connectivity index (χ2n) is 2.79. The van der Waals surface area contributed by atoms with Crippen molar-refractivity contribution in [2.24, 2.45) is 0 Å². The third-order valence-electron chi connectivity index (χ3n) is 1.94. The molecule has 0 aromatic heterocycles. The van der Waals surface area contributed by atoms with Gasteiger partial charge in [-0.3, -0.25) is 14.9 Å². The second-order valence-corrected chi connectivity index (χ2v) is 2.79. The van der Waals surface area contributed by atoms with Crippen LogP contribution in [0.15, 0.2) is 18.2 Å². The highest BCUT2D eigenvalue weighted by Gasteiger charge is 2.25. The minimum Gasteiger partial charge on any atom is -0.320 e. The molecule has 5 nitrogen and oxygen atoms in total. The van der Waals surface area contributed by atoms with Crippen molar-refractivity contribution < 1.29 is 9.72 Å². The molecule has 0 saturated heterocycles. The molecule has 0 fully saturated rings. The molecule has 1 aromatic carbocycles. The largest absolute Gasteiger partial charge is 0.320 e. The van der Waals surface area contributed by atoms with Crippen molar-refractivity contribution >= 4 is 17.3 Å². The van der Waals surface area contributed by atoms with Crippen LogP contribution in [-0.2, 0) is 11.2 Å². The number of nitrogens with one attached hydrogen (secondary N) is 1. The van der Waals surface area contributed by atoms with Gasteiger partial charge in [-0.2, -0.15) is 0 Å². The number of hydrogen-bond donors (Lipinski definition) is 1. The molecule has 0 aliphatic carbocycles. The van der Waals surface area contributed by atoms with Crippen molar-refractivity contribution in [3.05, 3.63) is 33.9 Å². The number of carbonyl (C=O) groups excluding carboxylic acids is 1. The van der Waals surface area contributed by atoms with E-state index in [0.717, 1.165) is 0 Å². The molecule has 1 aromatic rings. The topological polar surface area (TPSA) is 72.2 Å². The first kappa shape index (κ1) is 7.72. The van der Waals surface area contributed by atoms with Crippen LogP contribution in [0.5, 0.6) is 0 Å². The minimum atomic E-state index is -0.496. The number of anilines is 1. The van der Waals surface area contributed by atoms with Crippen molar-refractivity contribution in [1.29, 1.82) is 0 Å². The molecular weight excluding hydrogens is 172 g/mol. The van der Waals surface area contributed by atoms with E-state index in [4.69, 9.17) is 0 Å². The van der Waals surface area contributed by atoms with E-state index in [9.17, 15) is 14.9 Å². The summed E-state index contributed by atoms with van der Waals surface area (Å²) in [5, 5.41) is 13.0. The van der Waals surface area contributed by atoms with Gasteiger partial charge in [0, 0.05) is 6.07 Å². The van der Waals surface area contributed by atoms with Gasteiger partial charge in [0.25, 0.3) is 5.69 Å². The quantitative estimate of drug-likeness (QED) is 0.516. The fraction of sp³-hybridized carbons (Fsp3) is 0.125. The number of benzene rings is 1. The van der Waals surface area contributed by atoms with E-state index in [-0.39, 0.29) is 18.0 Å². The third kappa shape index (κ3) is 1.14. The zero-order chi connectivity index (χ0) is 9.42. The van der Waals surface area contributed by atoms with Crippen LogP contribution in [0.1, 0.15) is 5.56 Å². The highest BCUT2D eigenvalue weighted by Crippen LogP contribution is 2.32. The first-order valence-corrected chi connectivity index (χ1v) is 3.74. The molecule has 0 unspecified atom stereocenters. The van der Waals surface area contributed by atoms with Crippen LogP contribution in [0, 0.1) is 10.1 Å². The van der Waals surface area contributed by atoms with Gasteiger partial charge in [-0.1, -0.05) is 12.1 Å². The maximum absolute atomic E-state index is 10.9. The van der Waals surface area contributed by atoms with E-state index < -0.39 is 4.92 Å². The molecule has 0 spiro atoms. The number of nitro groups is 1. The van der Waals surface area contributed by atoms with E-state index >= 15 is 0 Å². The van der Waals surface area contributed by atoms with Crippen LogP contribution in [0.25, 0.3) is 0 Å². The van der Waals surface area contributed by atoms with Crippen LogP contribution in [0.2, 0.25) is 0 Å². The highest BCUT2D eigenvalue weighted by molar-refractivity contribution is 6.01. The molecule has 5 heteroatoms. The Hall–Kier alpha value is -1.91. The fourth-order valence-electron chi connectivity index (χ4n) is 1.39. The van der Waals surface area contributed by atoms with Crippen LogP contribution < -0.4 is 5.32 Å². The zero-order valence-corrected chi connectivity index (χ0v) is 6.61. The molecule has 1 amide bonds. The number of amides is 1. The Morgan fingerprint density at radius 3 is 2.92 bits per heavy atom. The Morgan fingerprint density at radius 2 is 2.23 bits per heavy atom. The van der Waals surface area contributed by atoms with Gasteiger partial charge >= 0.3 is 0 Å². The number of carbonyl (C=O) groups is 1.